The number of carboxylic acid groups (broad SMARTS) is 1. The number of fused-ring (bicyclic) bond motifs is 3. The number of allylic oxidation sites excluding steroid dienone is 6. The fourth-order valence-electron chi connectivity index (χ4n) is 6.73. The summed E-state index contributed by atoms with van der Waals surface area (Å²) >= 11 is 0. The maximum Gasteiger partial charge on any atom is 0.573 e. The van der Waals surface area contributed by atoms with Gasteiger partial charge in [0.2, 0.25) is 11.8 Å². The summed E-state index contributed by atoms with van der Waals surface area (Å²) in [5.74, 6) is -8.48. The molecule has 0 spiro atoms. The van der Waals surface area contributed by atoms with Crippen molar-refractivity contribution in [2.75, 3.05) is 4.90 Å². The molecular weight excluding hydrogens is 571 g/mol. The Kier molecular flexibility index (Phi) is 6.40. The zero-order chi connectivity index (χ0) is 31.0. The van der Waals surface area contributed by atoms with Gasteiger partial charge in [0.1, 0.15) is 11.5 Å². The topological polar surface area (TPSA) is 138 Å². The Morgan fingerprint density at radius 3 is 2.47 bits per heavy atom. The van der Waals surface area contributed by atoms with Crippen LogP contribution in [0.15, 0.2) is 76.9 Å². The van der Waals surface area contributed by atoms with Gasteiger partial charge < -0.3 is 14.9 Å². The number of hydrogen-bond acceptors (Lipinski definition) is 7. The van der Waals surface area contributed by atoms with Crippen LogP contribution in [0.5, 0.6) is 11.5 Å². The van der Waals surface area contributed by atoms with Crippen molar-refractivity contribution in [3.05, 3.63) is 88.0 Å². The zero-order valence-corrected chi connectivity index (χ0v) is 22.3. The third-order valence-electron chi connectivity index (χ3n) is 8.46. The molecule has 43 heavy (non-hydrogen) atoms. The van der Waals surface area contributed by atoms with Gasteiger partial charge >= 0.3 is 12.3 Å². The molecule has 220 valence electrons. The molecule has 12 heteroatoms. The van der Waals surface area contributed by atoms with Crippen molar-refractivity contribution in [1.29, 1.82) is 0 Å². The maximum atomic E-state index is 13.9. The average Bonchev–Trinajstić information content (AvgIpc) is 3.20. The lowest BCUT2D eigenvalue weighted by Gasteiger charge is -2.42. The number of hydrogen-bond donors (Lipinski definition) is 2. The van der Waals surface area contributed by atoms with Crippen LogP contribution in [-0.2, 0) is 19.2 Å². The first-order valence-electron chi connectivity index (χ1n) is 13.3. The number of imide groups is 1. The summed E-state index contributed by atoms with van der Waals surface area (Å²) < 4.78 is 43.2. The van der Waals surface area contributed by atoms with E-state index in [0.29, 0.717) is 5.57 Å². The second-order valence-corrected chi connectivity index (χ2v) is 10.9. The Balaban J connectivity index is 1.48. The molecule has 1 saturated heterocycles. The Bertz CT molecular complexity index is 1750. The van der Waals surface area contributed by atoms with E-state index in [1.165, 1.54) is 31.2 Å². The van der Waals surface area contributed by atoms with Crippen LogP contribution < -0.4 is 9.64 Å². The molecule has 4 aliphatic rings. The number of phenolic OH excluding ortho intramolecular Hbond substituents is 1. The Morgan fingerprint density at radius 1 is 1.02 bits per heavy atom. The zero-order valence-electron chi connectivity index (χ0n) is 22.3. The van der Waals surface area contributed by atoms with Gasteiger partial charge in [-0.1, -0.05) is 17.7 Å². The van der Waals surface area contributed by atoms with E-state index in [-0.39, 0.29) is 46.4 Å². The molecule has 0 bridgehead atoms. The quantitative estimate of drug-likeness (QED) is 0.298. The average molecular weight is 594 g/mol. The third-order valence-corrected chi connectivity index (χ3v) is 8.46. The van der Waals surface area contributed by atoms with E-state index in [1.807, 2.05) is 0 Å². The number of ketones is 2. The Labute approximate surface area is 241 Å². The van der Waals surface area contributed by atoms with Gasteiger partial charge in [-0.05, 0) is 68.2 Å². The number of carbonyl (C=O) groups excluding carboxylic acids is 4. The molecule has 1 heterocycles. The Morgan fingerprint density at radius 2 is 1.77 bits per heavy atom. The van der Waals surface area contributed by atoms with Crippen molar-refractivity contribution >= 4 is 35.0 Å². The number of aromatic carboxylic acids is 1. The van der Waals surface area contributed by atoms with Crippen LogP contribution in [-0.4, -0.2) is 45.9 Å². The van der Waals surface area contributed by atoms with Crippen molar-refractivity contribution < 1.29 is 52.1 Å². The van der Waals surface area contributed by atoms with Crippen molar-refractivity contribution in [2.24, 2.45) is 17.8 Å². The molecule has 0 saturated carbocycles. The predicted octanol–water partition coefficient (Wildman–Crippen LogP) is 4.62. The van der Waals surface area contributed by atoms with Crippen LogP contribution in [0.4, 0.5) is 18.9 Å². The van der Waals surface area contributed by atoms with Crippen LogP contribution in [0, 0.1) is 17.8 Å². The molecule has 2 aromatic carbocycles. The van der Waals surface area contributed by atoms with Crippen LogP contribution in [0.1, 0.15) is 41.6 Å². The van der Waals surface area contributed by atoms with Gasteiger partial charge in [0, 0.05) is 28.2 Å². The minimum atomic E-state index is -5.04. The first kappa shape index (κ1) is 28.1. The van der Waals surface area contributed by atoms with Crippen LogP contribution in [0.2, 0.25) is 0 Å². The predicted molar refractivity (Wildman–Crippen MR) is 142 cm³/mol. The van der Waals surface area contributed by atoms with Gasteiger partial charge in [-0.2, -0.15) is 0 Å². The van der Waals surface area contributed by atoms with Crippen molar-refractivity contribution in [1.82, 2.24) is 0 Å². The lowest BCUT2D eigenvalue weighted by atomic mass is 9.59. The highest BCUT2D eigenvalue weighted by atomic mass is 19.4. The van der Waals surface area contributed by atoms with Crippen molar-refractivity contribution in [3.8, 4) is 11.5 Å². The molecule has 0 aromatic heterocycles. The number of nitrogens with zero attached hydrogens (tertiary/aromatic N) is 1. The largest absolute Gasteiger partial charge is 0.573 e. The smallest absolute Gasteiger partial charge is 0.508 e. The molecule has 3 aliphatic carbocycles. The van der Waals surface area contributed by atoms with Gasteiger partial charge in [0.15, 0.2) is 11.6 Å². The maximum absolute atomic E-state index is 13.9. The van der Waals surface area contributed by atoms with Gasteiger partial charge in [-0.25, -0.2) is 4.79 Å². The summed E-state index contributed by atoms with van der Waals surface area (Å²) in [5, 5.41) is 20.2. The first-order valence-corrected chi connectivity index (χ1v) is 13.3. The molecule has 1 aliphatic heterocycles. The fourth-order valence-corrected chi connectivity index (χ4v) is 6.73. The normalized spacial score (nSPS) is 25.2. The monoisotopic (exact) mass is 593 g/mol. The third kappa shape index (κ3) is 4.53. The summed E-state index contributed by atoms with van der Waals surface area (Å²) in [6.07, 6.45) is -2.32. The standard InChI is InChI=1S/C31H22F3NO8/c1-13-9-23(37)26-21(27(13)38)12-19-17(24(26)20-11-16(5-8-22(20)36)43-31(32,33)34)6-7-18-25(19)29(40)35(28(18)39)15-4-2-3-14(10-15)30(41)42/h2-6,8-11,18-19,24-25,36H,7,12H2,1H3,(H,41,42)/t18-,19+,24+,25-/m0/s1. The fraction of sp³-hybridized carbons (Fsp3) is 0.258. The summed E-state index contributed by atoms with van der Waals surface area (Å²) in [6, 6.07) is 8.20. The van der Waals surface area contributed by atoms with Crippen molar-refractivity contribution in [3.63, 3.8) is 0 Å². The summed E-state index contributed by atoms with van der Waals surface area (Å²) in [7, 11) is 0. The summed E-state index contributed by atoms with van der Waals surface area (Å²) in [6.45, 7) is 1.45. The summed E-state index contributed by atoms with van der Waals surface area (Å²) in [4.78, 5) is 66.7. The van der Waals surface area contributed by atoms with E-state index >= 15 is 0 Å². The van der Waals surface area contributed by atoms with E-state index in [4.69, 9.17) is 0 Å². The Hall–Kier alpha value is -5.00. The number of benzene rings is 2. The number of aromatic hydroxyl groups is 1. The second kappa shape index (κ2) is 9.79. The number of anilines is 1. The van der Waals surface area contributed by atoms with E-state index in [2.05, 4.69) is 4.74 Å². The highest BCUT2D eigenvalue weighted by Crippen LogP contribution is 2.56. The number of alkyl halides is 3. The molecule has 0 unspecified atom stereocenters. The molecule has 2 aromatic rings. The molecule has 1 fully saturated rings. The summed E-state index contributed by atoms with van der Waals surface area (Å²) in [5.41, 5.74) is 0.405. The number of halogens is 3. The van der Waals surface area contributed by atoms with Crippen molar-refractivity contribution in [2.45, 2.75) is 32.0 Å². The minimum absolute atomic E-state index is 0.0150. The van der Waals surface area contributed by atoms with E-state index in [1.54, 1.807) is 6.08 Å². The lowest BCUT2D eigenvalue weighted by Crippen LogP contribution is -2.39. The SMILES string of the molecule is CC1=CC(=O)C2=C(C[C@@H]3C(=CC[C@@H]4C(=O)N(c5cccc(C(=O)O)c5)C(=O)[C@@H]43)[C@@H]2c2cc(OC(F)(F)F)ccc2O)C1=O. The molecular formula is C31H22F3NO8. The lowest BCUT2D eigenvalue weighted by molar-refractivity contribution is -0.274. The number of phenols is 1. The van der Waals surface area contributed by atoms with Gasteiger partial charge in [-0.15, -0.1) is 13.2 Å². The van der Waals surface area contributed by atoms with E-state index in [9.17, 15) is 47.4 Å². The van der Waals surface area contributed by atoms with E-state index < -0.39 is 70.9 Å². The minimum Gasteiger partial charge on any atom is -0.508 e. The first-order chi connectivity index (χ1) is 20.3. The van der Waals surface area contributed by atoms with Crippen LogP contribution in [0.3, 0.4) is 0 Å². The molecule has 2 amide bonds. The number of amides is 2. The number of carboxylic acids is 1. The number of carbonyl (C=O) groups is 5. The van der Waals surface area contributed by atoms with Gasteiger partial charge in [0.05, 0.1) is 23.1 Å². The van der Waals surface area contributed by atoms with Crippen LogP contribution in [0.25, 0.3) is 0 Å². The molecule has 9 nitrogen and oxygen atoms in total. The molecule has 6 rings (SSSR count). The molecule has 4 atom stereocenters. The second-order valence-electron chi connectivity index (χ2n) is 10.9. The highest BCUT2D eigenvalue weighted by Gasteiger charge is 2.57. The highest BCUT2D eigenvalue weighted by molar-refractivity contribution is 6.25. The van der Waals surface area contributed by atoms with E-state index in [0.717, 1.165) is 29.2 Å². The molecule has 0 radical (unpaired) electrons. The van der Waals surface area contributed by atoms with Crippen LogP contribution >= 0.6 is 0 Å². The number of ether oxygens (including phenoxy) is 1. The number of Topliss-reactive ketones (excluding diaryl/α,β-unsaturated/α-hetero) is 1. The van der Waals surface area contributed by atoms with Gasteiger partial charge in [-0.3, -0.25) is 24.1 Å². The molecule has 2 N–H and O–H groups in total. The van der Waals surface area contributed by atoms with Gasteiger partial charge in [0.25, 0.3) is 0 Å². The number of rotatable bonds is 4.